The summed E-state index contributed by atoms with van der Waals surface area (Å²) in [6.45, 7) is 0.987. The second-order valence-corrected chi connectivity index (χ2v) is 7.74. The zero-order chi connectivity index (χ0) is 21.8. The Morgan fingerprint density at radius 3 is 2.68 bits per heavy atom. The number of halogens is 1. The van der Waals surface area contributed by atoms with Crippen molar-refractivity contribution in [2.45, 2.75) is 13.1 Å². The number of nitrogens with one attached hydrogen (secondary N) is 1. The highest BCUT2D eigenvalue weighted by Gasteiger charge is 2.17. The van der Waals surface area contributed by atoms with Crippen molar-refractivity contribution in [3.63, 3.8) is 0 Å². The van der Waals surface area contributed by atoms with Crippen molar-refractivity contribution in [2.24, 2.45) is 0 Å². The molecular weight excluding hydrogens is 410 g/mol. The average molecular weight is 432 g/mol. The number of rotatable bonds is 6. The molecule has 0 aliphatic heterocycles. The van der Waals surface area contributed by atoms with Crippen molar-refractivity contribution in [3.05, 3.63) is 94.8 Å². The van der Waals surface area contributed by atoms with Crippen LogP contribution in [0, 0.1) is 0 Å². The van der Waals surface area contributed by atoms with Gasteiger partial charge in [0, 0.05) is 37.9 Å². The molecule has 31 heavy (non-hydrogen) atoms. The first kappa shape index (κ1) is 20.6. The summed E-state index contributed by atoms with van der Waals surface area (Å²) in [5, 5.41) is 5.25. The van der Waals surface area contributed by atoms with Gasteiger partial charge in [-0.25, -0.2) is 9.97 Å². The number of hydrogen-bond donors (Lipinski definition) is 2. The van der Waals surface area contributed by atoms with E-state index in [9.17, 15) is 4.79 Å². The first-order chi connectivity index (χ1) is 15.0. The van der Waals surface area contributed by atoms with E-state index in [0.717, 1.165) is 21.9 Å². The highest BCUT2D eigenvalue weighted by Crippen LogP contribution is 2.23. The number of aromatic nitrogens is 2. The number of fused-ring (bicyclic) bond motifs is 1. The summed E-state index contributed by atoms with van der Waals surface area (Å²) < 4.78 is 0. The first-order valence-corrected chi connectivity index (χ1v) is 10.2. The van der Waals surface area contributed by atoms with Crippen molar-refractivity contribution in [1.82, 2.24) is 15.3 Å². The maximum absolute atomic E-state index is 13.0. The van der Waals surface area contributed by atoms with Crippen LogP contribution < -0.4 is 16.0 Å². The molecule has 2 heterocycles. The highest BCUT2D eigenvalue weighted by atomic mass is 35.5. The number of nitrogen functional groups attached to an aromatic ring is 1. The van der Waals surface area contributed by atoms with E-state index in [1.54, 1.807) is 18.5 Å². The van der Waals surface area contributed by atoms with Crippen LogP contribution in [0.3, 0.4) is 0 Å². The Morgan fingerprint density at radius 1 is 1.06 bits per heavy atom. The van der Waals surface area contributed by atoms with Crippen molar-refractivity contribution < 1.29 is 4.79 Å². The van der Waals surface area contributed by atoms with Gasteiger partial charge in [-0.15, -0.1) is 0 Å². The molecule has 0 aliphatic carbocycles. The van der Waals surface area contributed by atoms with Crippen LogP contribution in [0.4, 0.5) is 11.6 Å². The molecule has 6 nitrogen and oxygen atoms in total. The molecule has 0 aliphatic rings. The predicted molar refractivity (Wildman–Crippen MR) is 125 cm³/mol. The quantitative estimate of drug-likeness (QED) is 0.471. The third kappa shape index (κ3) is 4.75. The lowest BCUT2D eigenvalue weighted by Gasteiger charge is -2.21. The summed E-state index contributed by atoms with van der Waals surface area (Å²) in [4.78, 5) is 23.4. The molecule has 4 aromatic rings. The highest BCUT2D eigenvalue weighted by molar-refractivity contribution is 6.31. The van der Waals surface area contributed by atoms with E-state index < -0.39 is 0 Å². The summed E-state index contributed by atoms with van der Waals surface area (Å²) in [7, 11) is 1.90. The summed E-state index contributed by atoms with van der Waals surface area (Å²) in [5.41, 5.74) is 8.43. The minimum absolute atomic E-state index is 0.237. The molecule has 3 N–H and O–H groups in total. The van der Waals surface area contributed by atoms with Crippen molar-refractivity contribution in [1.29, 1.82) is 0 Å². The van der Waals surface area contributed by atoms with Crippen molar-refractivity contribution >= 4 is 39.9 Å². The van der Waals surface area contributed by atoms with Crippen LogP contribution in [0.25, 0.3) is 10.8 Å². The molecule has 0 unspecified atom stereocenters. The SMILES string of the molecule is CN(Cc1ccccc1)c1ncc(Cl)cc1C(=O)NCc1ccc2c(N)nccc2c1. The Hall–Kier alpha value is -3.64. The zero-order valence-corrected chi connectivity index (χ0v) is 17.8. The molecule has 2 aromatic carbocycles. The number of amides is 1. The monoisotopic (exact) mass is 431 g/mol. The standard InChI is InChI=1S/C24H22ClN5O/c1-30(15-16-5-3-2-4-6-16)23-21(12-19(25)14-28-23)24(31)29-13-17-7-8-20-18(11-17)9-10-27-22(20)26/h2-12,14H,13,15H2,1H3,(H2,26,27)(H,29,31). The second-order valence-electron chi connectivity index (χ2n) is 7.30. The summed E-state index contributed by atoms with van der Waals surface area (Å²) in [5.74, 6) is 0.826. The molecule has 0 bridgehead atoms. The van der Waals surface area contributed by atoms with E-state index >= 15 is 0 Å². The van der Waals surface area contributed by atoms with Crippen LogP contribution in [0.2, 0.25) is 5.02 Å². The van der Waals surface area contributed by atoms with Crippen LogP contribution in [0.1, 0.15) is 21.5 Å². The van der Waals surface area contributed by atoms with Gasteiger partial charge < -0.3 is 16.0 Å². The van der Waals surface area contributed by atoms with Crippen molar-refractivity contribution in [2.75, 3.05) is 17.7 Å². The van der Waals surface area contributed by atoms with Crippen LogP contribution >= 0.6 is 11.6 Å². The van der Waals surface area contributed by atoms with Gasteiger partial charge in [-0.05, 0) is 34.7 Å². The van der Waals surface area contributed by atoms with Gasteiger partial charge in [0.15, 0.2) is 0 Å². The number of nitrogens with two attached hydrogens (primary N) is 1. The fourth-order valence-corrected chi connectivity index (χ4v) is 3.63. The minimum atomic E-state index is -0.237. The van der Waals surface area contributed by atoms with Gasteiger partial charge in [0.05, 0.1) is 10.6 Å². The Morgan fingerprint density at radius 2 is 1.87 bits per heavy atom. The smallest absolute Gasteiger partial charge is 0.255 e. The lowest BCUT2D eigenvalue weighted by molar-refractivity contribution is 0.0951. The molecular formula is C24H22ClN5O. The molecule has 0 radical (unpaired) electrons. The van der Waals surface area contributed by atoms with Gasteiger partial charge in [0.25, 0.3) is 5.91 Å². The molecule has 0 fully saturated rings. The van der Waals surface area contributed by atoms with Gasteiger partial charge in [0.2, 0.25) is 0 Å². The number of hydrogen-bond acceptors (Lipinski definition) is 5. The fourth-order valence-electron chi connectivity index (χ4n) is 3.47. The predicted octanol–water partition coefficient (Wildman–Crippen LogP) is 4.43. The molecule has 7 heteroatoms. The summed E-state index contributed by atoms with van der Waals surface area (Å²) in [6, 6.07) is 19.4. The van der Waals surface area contributed by atoms with E-state index in [1.807, 2.05) is 66.5 Å². The third-order valence-corrected chi connectivity index (χ3v) is 5.22. The van der Waals surface area contributed by atoms with E-state index in [-0.39, 0.29) is 5.91 Å². The van der Waals surface area contributed by atoms with E-state index in [0.29, 0.717) is 35.3 Å². The van der Waals surface area contributed by atoms with Crippen LogP contribution in [-0.2, 0) is 13.1 Å². The van der Waals surface area contributed by atoms with E-state index in [4.69, 9.17) is 17.3 Å². The molecule has 156 valence electrons. The van der Waals surface area contributed by atoms with Gasteiger partial charge in [0.1, 0.15) is 11.6 Å². The number of carbonyl (C=O) groups excluding carboxylic acids is 1. The Bertz CT molecular complexity index is 1230. The maximum Gasteiger partial charge on any atom is 0.255 e. The van der Waals surface area contributed by atoms with Gasteiger partial charge in [-0.1, -0.05) is 54.1 Å². The van der Waals surface area contributed by atoms with Crippen LogP contribution in [0.5, 0.6) is 0 Å². The normalized spacial score (nSPS) is 10.8. The second kappa shape index (κ2) is 9.02. The molecule has 0 saturated carbocycles. The average Bonchev–Trinajstić information content (AvgIpc) is 2.78. The van der Waals surface area contributed by atoms with Gasteiger partial charge in [-0.2, -0.15) is 0 Å². The number of carbonyl (C=O) groups is 1. The van der Waals surface area contributed by atoms with E-state index in [1.165, 1.54) is 0 Å². The molecule has 2 aromatic heterocycles. The molecule has 1 amide bonds. The van der Waals surface area contributed by atoms with Gasteiger partial charge >= 0.3 is 0 Å². The lowest BCUT2D eigenvalue weighted by atomic mass is 10.1. The third-order valence-electron chi connectivity index (χ3n) is 5.01. The molecule has 0 saturated heterocycles. The summed E-state index contributed by atoms with van der Waals surface area (Å²) >= 11 is 6.14. The Balaban J connectivity index is 1.52. The van der Waals surface area contributed by atoms with E-state index in [2.05, 4.69) is 15.3 Å². The van der Waals surface area contributed by atoms with Crippen LogP contribution in [0.15, 0.2) is 73.1 Å². The zero-order valence-electron chi connectivity index (χ0n) is 17.0. The number of nitrogens with zero attached hydrogens (tertiary/aromatic N) is 3. The largest absolute Gasteiger partial charge is 0.383 e. The van der Waals surface area contributed by atoms with Gasteiger partial charge in [-0.3, -0.25) is 4.79 Å². The lowest BCUT2D eigenvalue weighted by Crippen LogP contribution is -2.27. The minimum Gasteiger partial charge on any atom is -0.383 e. The number of anilines is 2. The molecule has 0 atom stereocenters. The number of pyridine rings is 2. The van der Waals surface area contributed by atoms with Crippen molar-refractivity contribution in [3.8, 4) is 0 Å². The first-order valence-electron chi connectivity index (χ1n) is 9.83. The number of benzene rings is 2. The Labute approximate surface area is 185 Å². The summed E-state index contributed by atoms with van der Waals surface area (Å²) in [6.07, 6.45) is 3.23. The topological polar surface area (TPSA) is 84.1 Å². The molecule has 0 spiro atoms. The Kier molecular flexibility index (Phi) is 6.00. The fraction of sp³-hybridized carbons (Fsp3) is 0.125. The molecule has 4 rings (SSSR count). The van der Waals surface area contributed by atoms with Crippen LogP contribution in [-0.4, -0.2) is 22.9 Å². The maximum atomic E-state index is 13.0.